The van der Waals surface area contributed by atoms with Crippen LogP contribution in [0.25, 0.3) is 11.6 Å². The highest BCUT2D eigenvalue weighted by molar-refractivity contribution is 6.99. The summed E-state index contributed by atoms with van der Waals surface area (Å²) in [7, 11) is -4.10. The van der Waals surface area contributed by atoms with Crippen LogP contribution in [0.2, 0.25) is 11.4 Å². The van der Waals surface area contributed by atoms with Gasteiger partial charge in [0.2, 0.25) is 0 Å². The predicted molar refractivity (Wildman–Crippen MR) is 227 cm³/mol. The van der Waals surface area contributed by atoms with Crippen LogP contribution in [0.4, 0.5) is 0 Å². The maximum Gasteiger partial charge on any atom is 0.455 e. The van der Waals surface area contributed by atoms with Crippen molar-refractivity contribution in [3.8, 4) is 0 Å². The smallest absolute Gasteiger partial charge is 0.455 e. The summed E-state index contributed by atoms with van der Waals surface area (Å²) in [5, 5.41) is 23.1. The van der Waals surface area contributed by atoms with Crippen molar-refractivity contribution in [1.29, 1.82) is 0 Å². The highest BCUT2D eigenvalue weighted by atomic mass is 28.4. The Hall–Kier alpha value is -4.90. The molecule has 2 N–H and O–H groups in total. The molecule has 57 heavy (non-hydrogen) atoms. The number of benzene rings is 4. The Kier molecular flexibility index (Phi) is 11.0. The van der Waals surface area contributed by atoms with E-state index in [-0.39, 0.29) is 36.1 Å². The quantitative estimate of drug-likeness (QED) is 0.103. The van der Waals surface area contributed by atoms with Gasteiger partial charge in [0.25, 0.3) is 8.32 Å². The largest absolute Gasteiger partial charge is 0.459 e. The molecule has 0 amide bonds. The van der Waals surface area contributed by atoms with Crippen LogP contribution >= 0.6 is 0 Å². The molecule has 9 heteroatoms. The average molecular weight is 777 g/mol. The minimum atomic E-state index is -3.00. The number of ketones is 2. The Morgan fingerprint density at radius 2 is 1.40 bits per heavy atom. The lowest BCUT2D eigenvalue weighted by atomic mass is 9.54. The second-order valence-corrected chi connectivity index (χ2v) is 20.9. The van der Waals surface area contributed by atoms with Gasteiger partial charge in [-0.25, -0.2) is 0 Å². The Balaban J connectivity index is 1.23. The van der Waals surface area contributed by atoms with E-state index in [1.54, 1.807) is 18.2 Å². The number of hydrogen-bond acceptors (Lipinski definition) is 7. The second-order valence-electron chi connectivity index (χ2n) is 16.6. The van der Waals surface area contributed by atoms with Crippen molar-refractivity contribution in [2.24, 2.45) is 17.8 Å². The van der Waals surface area contributed by atoms with Crippen molar-refractivity contribution in [1.82, 2.24) is 0 Å². The van der Waals surface area contributed by atoms with Crippen molar-refractivity contribution in [3.05, 3.63) is 167 Å². The summed E-state index contributed by atoms with van der Waals surface area (Å²) in [6.45, 7) is 6.82. The fraction of sp³-hybridized carbons (Fsp3) is 0.292. The maximum atomic E-state index is 14.5. The van der Waals surface area contributed by atoms with E-state index in [0.717, 1.165) is 32.7 Å². The van der Waals surface area contributed by atoms with Gasteiger partial charge in [-0.05, 0) is 87.4 Å². The zero-order chi connectivity index (χ0) is 39.7. The number of hydrogen-bond donors (Lipinski definition) is 2. The molecular formula is C48H49BO7Si. The van der Waals surface area contributed by atoms with Gasteiger partial charge >= 0.3 is 7.12 Å². The van der Waals surface area contributed by atoms with Gasteiger partial charge in [-0.3, -0.25) is 9.59 Å². The van der Waals surface area contributed by atoms with Gasteiger partial charge in [-0.1, -0.05) is 136 Å². The lowest BCUT2D eigenvalue weighted by Crippen LogP contribution is -2.66. The molecule has 0 saturated carbocycles. The normalized spacial score (nSPS) is 21.3. The van der Waals surface area contributed by atoms with Crippen molar-refractivity contribution >= 4 is 49.0 Å². The molecular weight excluding hydrogens is 727 g/mol. The van der Waals surface area contributed by atoms with Gasteiger partial charge in [0.15, 0.2) is 11.6 Å². The Morgan fingerprint density at radius 1 is 0.807 bits per heavy atom. The highest BCUT2D eigenvalue weighted by Crippen LogP contribution is 2.51. The number of rotatable bonds is 11. The lowest BCUT2D eigenvalue weighted by Gasteiger charge is -2.48. The van der Waals surface area contributed by atoms with Gasteiger partial charge in [0.05, 0.1) is 12.7 Å². The van der Waals surface area contributed by atoms with E-state index >= 15 is 0 Å². The van der Waals surface area contributed by atoms with E-state index in [1.807, 2.05) is 54.6 Å². The number of Topliss-reactive ketones (excluding diaryl/α,β-unsaturated/α-hetero) is 2. The molecule has 1 aromatic heterocycles. The molecule has 3 aliphatic rings. The fourth-order valence-electron chi connectivity index (χ4n) is 9.73. The molecule has 290 valence electrons. The number of fused-ring (bicyclic) bond motifs is 4. The van der Waals surface area contributed by atoms with Crippen LogP contribution in [0.1, 0.15) is 77.8 Å². The molecule has 1 saturated heterocycles. The minimum Gasteiger partial charge on any atom is -0.459 e. The molecule has 0 bridgehead atoms. The van der Waals surface area contributed by atoms with Crippen molar-refractivity contribution in [2.75, 3.05) is 6.61 Å². The van der Waals surface area contributed by atoms with Gasteiger partial charge < -0.3 is 23.6 Å². The zero-order valence-electron chi connectivity index (χ0n) is 32.8. The van der Waals surface area contributed by atoms with Crippen molar-refractivity contribution in [3.63, 3.8) is 0 Å². The molecule has 0 unspecified atom stereocenters. The first-order valence-electron chi connectivity index (χ1n) is 20.0. The summed E-state index contributed by atoms with van der Waals surface area (Å²) in [6.07, 6.45) is 3.13. The lowest BCUT2D eigenvalue weighted by molar-refractivity contribution is 0.0592. The molecule has 1 aliphatic heterocycles. The number of aliphatic hydroxyl groups excluding tert-OH is 1. The zero-order valence-corrected chi connectivity index (χ0v) is 33.8. The molecule has 4 aromatic carbocycles. The van der Waals surface area contributed by atoms with Crippen LogP contribution in [0.5, 0.6) is 0 Å². The molecule has 8 rings (SSSR count). The SMILES string of the molecule is CC(C)(C)[Si](OCC1=C2[C@@H](CC/C(=C/c3ccc(CO)o3)c3ccccc3)OB(O)C[C@@H]2[C@@H]2C(=O)c3ccccc3C(=O)[C@@H]2C1)(c1ccccc1)c1ccccc1. The molecule has 0 radical (unpaired) electrons. The van der Waals surface area contributed by atoms with E-state index in [0.29, 0.717) is 41.9 Å². The fourth-order valence-corrected chi connectivity index (χ4v) is 14.3. The number of carbonyl (C=O) groups excluding carboxylic acids is 2. The summed E-state index contributed by atoms with van der Waals surface area (Å²) in [5.74, 6) is -0.528. The van der Waals surface area contributed by atoms with E-state index < -0.39 is 39.3 Å². The van der Waals surface area contributed by atoms with E-state index in [9.17, 15) is 19.7 Å². The van der Waals surface area contributed by atoms with Gasteiger partial charge in [-0.2, -0.15) is 0 Å². The van der Waals surface area contributed by atoms with Crippen LogP contribution in [-0.4, -0.2) is 49.8 Å². The van der Waals surface area contributed by atoms with Crippen LogP contribution in [0.15, 0.2) is 143 Å². The molecule has 2 heterocycles. The summed E-state index contributed by atoms with van der Waals surface area (Å²) in [5.41, 5.74) is 4.92. The molecule has 0 spiro atoms. The molecule has 5 aromatic rings. The van der Waals surface area contributed by atoms with E-state index in [2.05, 4.69) is 81.4 Å². The summed E-state index contributed by atoms with van der Waals surface area (Å²) in [6, 6.07) is 41.9. The maximum absolute atomic E-state index is 14.5. The van der Waals surface area contributed by atoms with E-state index in [4.69, 9.17) is 13.5 Å². The third kappa shape index (κ3) is 7.39. The van der Waals surface area contributed by atoms with Gasteiger partial charge in [-0.15, -0.1) is 0 Å². The standard InChI is InChI=1S/C48H49BO7Si/c1-48(2,3)57(37-17-9-5-10-18-37,38-19-11-6-12-20-38)54-31-34-28-41-45(47(52)40-22-14-13-21-39(40)46(41)51)42-29-49(53)56-43(44(34)42)26-23-33(32-15-7-4-8-16-32)27-35-24-25-36(30-50)55-35/h4-22,24-25,27,41-43,45,50,53H,23,26,28-31H2,1-3H3/b33-27-/t41-,42+,43-,45-/m1/s1. The van der Waals surface area contributed by atoms with E-state index in [1.165, 1.54) is 0 Å². The Bertz CT molecular complexity index is 2250. The molecule has 4 atom stereocenters. The molecule has 7 nitrogen and oxygen atoms in total. The third-order valence-electron chi connectivity index (χ3n) is 12.2. The topological polar surface area (TPSA) is 106 Å². The number of allylic oxidation sites excluding steroid dienone is 1. The number of carbonyl (C=O) groups is 2. The first-order chi connectivity index (χ1) is 27.6. The summed E-state index contributed by atoms with van der Waals surface area (Å²) in [4.78, 5) is 28.9. The van der Waals surface area contributed by atoms with Crippen LogP contribution in [-0.2, 0) is 15.7 Å². The first-order valence-corrected chi connectivity index (χ1v) is 21.9. The first kappa shape index (κ1) is 39.0. The van der Waals surface area contributed by atoms with Gasteiger partial charge in [0, 0.05) is 23.0 Å². The number of aliphatic hydroxyl groups is 1. The summed E-state index contributed by atoms with van der Waals surface area (Å²) < 4.78 is 19.9. The monoisotopic (exact) mass is 776 g/mol. The van der Waals surface area contributed by atoms with Crippen LogP contribution < -0.4 is 10.4 Å². The second kappa shape index (κ2) is 16.2. The highest BCUT2D eigenvalue weighted by Gasteiger charge is 2.55. The average Bonchev–Trinajstić information content (AvgIpc) is 3.69. The van der Waals surface area contributed by atoms with Crippen molar-refractivity contribution in [2.45, 2.75) is 64.1 Å². The predicted octanol–water partition coefficient (Wildman–Crippen LogP) is 8.18. The van der Waals surface area contributed by atoms with Crippen LogP contribution in [0, 0.1) is 17.8 Å². The Labute approximate surface area is 336 Å². The van der Waals surface area contributed by atoms with Gasteiger partial charge in [0.1, 0.15) is 18.1 Å². The third-order valence-corrected chi connectivity index (χ3v) is 17.2. The van der Waals surface area contributed by atoms with Crippen molar-refractivity contribution < 1.29 is 33.2 Å². The molecule has 2 aliphatic carbocycles. The molecule has 1 fully saturated rings. The minimum absolute atomic E-state index is 0.0234. The van der Waals surface area contributed by atoms with Crippen LogP contribution in [0.3, 0.4) is 0 Å². The number of furan rings is 1. The summed E-state index contributed by atoms with van der Waals surface area (Å²) >= 11 is 0. The Morgan fingerprint density at radius 3 is 2.00 bits per heavy atom.